The maximum absolute atomic E-state index is 13.6. The molecule has 0 saturated carbocycles. The molecule has 4 heterocycles. The molecule has 1 aromatic heterocycles. The van der Waals surface area contributed by atoms with Crippen molar-refractivity contribution >= 4 is 17.7 Å². The van der Waals surface area contributed by atoms with Crippen molar-refractivity contribution in [2.75, 3.05) is 52.4 Å². The fourth-order valence-corrected chi connectivity index (χ4v) is 6.25. The SMILES string of the molecule is CC(=O)N1CCN(C(=O)C[C@@H]2CCN3C[C@@H]2CCCOc2ccccc2CN(Cc2ccccn2)CC3=O)CC1. The van der Waals surface area contributed by atoms with E-state index in [4.69, 9.17) is 4.74 Å². The topological polar surface area (TPSA) is 86.3 Å². The Morgan fingerprint density at radius 2 is 1.73 bits per heavy atom. The third kappa shape index (κ3) is 7.18. The van der Waals surface area contributed by atoms with Crippen LogP contribution in [0.25, 0.3) is 0 Å². The fraction of sp³-hybridized carbons (Fsp3) is 0.548. The molecule has 3 amide bonds. The first-order valence-corrected chi connectivity index (χ1v) is 14.6. The molecule has 1 aromatic carbocycles. The second-order valence-corrected chi connectivity index (χ2v) is 11.3. The highest BCUT2D eigenvalue weighted by molar-refractivity contribution is 5.79. The molecular weight excluding hydrogens is 506 g/mol. The molecular formula is C31H41N5O4. The predicted molar refractivity (Wildman–Crippen MR) is 151 cm³/mol. The van der Waals surface area contributed by atoms with Gasteiger partial charge in [0.05, 0.1) is 18.8 Å². The molecule has 0 N–H and O–H groups in total. The van der Waals surface area contributed by atoms with E-state index in [0.29, 0.717) is 71.9 Å². The van der Waals surface area contributed by atoms with Crippen molar-refractivity contribution in [1.29, 1.82) is 0 Å². The Labute approximate surface area is 237 Å². The Morgan fingerprint density at radius 3 is 2.50 bits per heavy atom. The lowest BCUT2D eigenvalue weighted by molar-refractivity contribution is -0.140. The van der Waals surface area contributed by atoms with Gasteiger partial charge in [0.2, 0.25) is 17.7 Å². The number of hydrogen-bond donors (Lipinski definition) is 0. The number of para-hydroxylation sites is 1. The van der Waals surface area contributed by atoms with Crippen LogP contribution in [-0.4, -0.2) is 94.7 Å². The van der Waals surface area contributed by atoms with Crippen molar-refractivity contribution in [3.63, 3.8) is 0 Å². The van der Waals surface area contributed by atoms with Crippen molar-refractivity contribution in [2.45, 2.75) is 45.7 Å². The molecule has 9 nitrogen and oxygen atoms in total. The zero-order valence-electron chi connectivity index (χ0n) is 23.5. The second kappa shape index (κ2) is 13.3. The average Bonchev–Trinajstić information content (AvgIpc) is 2.97. The van der Waals surface area contributed by atoms with Crippen molar-refractivity contribution in [2.24, 2.45) is 11.8 Å². The number of pyridine rings is 1. The summed E-state index contributed by atoms with van der Waals surface area (Å²) in [5.41, 5.74) is 1.99. The molecule has 0 unspecified atom stereocenters. The molecule has 2 fully saturated rings. The first-order valence-electron chi connectivity index (χ1n) is 14.6. The van der Waals surface area contributed by atoms with Crippen LogP contribution in [-0.2, 0) is 27.5 Å². The van der Waals surface area contributed by atoms with Gasteiger partial charge in [0, 0.05) is 77.5 Å². The minimum absolute atomic E-state index is 0.0663. The van der Waals surface area contributed by atoms with Crippen LogP contribution in [0.4, 0.5) is 0 Å². The van der Waals surface area contributed by atoms with Crippen molar-refractivity contribution in [1.82, 2.24) is 24.6 Å². The number of piperazine rings is 1. The Kier molecular flexibility index (Phi) is 9.31. The van der Waals surface area contributed by atoms with Gasteiger partial charge in [-0.2, -0.15) is 0 Å². The number of hydrogen-bond acceptors (Lipinski definition) is 6. The Bertz CT molecular complexity index is 1170. The van der Waals surface area contributed by atoms with Crippen LogP contribution in [0.5, 0.6) is 5.75 Å². The maximum atomic E-state index is 13.6. The van der Waals surface area contributed by atoms with Crippen molar-refractivity contribution in [3.05, 3.63) is 59.9 Å². The number of benzene rings is 1. The van der Waals surface area contributed by atoms with Crippen LogP contribution in [0.15, 0.2) is 48.7 Å². The van der Waals surface area contributed by atoms with Crippen LogP contribution in [0.1, 0.15) is 43.9 Å². The molecule has 2 bridgehead atoms. The van der Waals surface area contributed by atoms with Crippen molar-refractivity contribution < 1.29 is 19.1 Å². The van der Waals surface area contributed by atoms with Crippen LogP contribution in [0, 0.1) is 11.8 Å². The van der Waals surface area contributed by atoms with Gasteiger partial charge in [-0.25, -0.2) is 0 Å². The minimum Gasteiger partial charge on any atom is -0.493 e. The summed E-state index contributed by atoms with van der Waals surface area (Å²) >= 11 is 0. The number of fused-ring (bicyclic) bond motifs is 3. The average molecular weight is 548 g/mol. The minimum atomic E-state index is 0.0663. The third-order valence-corrected chi connectivity index (χ3v) is 8.57. The molecule has 0 spiro atoms. The number of carbonyl (C=O) groups excluding carboxylic acids is 3. The lowest BCUT2D eigenvalue weighted by Gasteiger charge is -2.40. The van der Waals surface area contributed by atoms with Gasteiger partial charge in [-0.05, 0) is 49.3 Å². The molecule has 0 aliphatic carbocycles. The summed E-state index contributed by atoms with van der Waals surface area (Å²) in [7, 11) is 0. The van der Waals surface area contributed by atoms with Gasteiger partial charge < -0.3 is 19.4 Å². The van der Waals surface area contributed by atoms with Crippen LogP contribution in [0.2, 0.25) is 0 Å². The number of nitrogens with zero attached hydrogens (tertiary/aromatic N) is 5. The highest BCUT2D eigenvalue weighted by Crippen LogP contribution is 2.32. The lowest BCUT2D eigenvalue weighted by Crippen LogP contribution is -2.51. The van der Waals surface area contributed by atoms with E-state index in [0.717, 1.165) is 36.3 Å². The van der Waals surface area contributed by atoms with Gasteiger partial charge in [0.15, 0.2) is 0 Å². The summed E-state index contributed by atoms with van der Waals surface area (Å²) in [6.07, 6.45) is 4.91. The number of carbonyl (C=O) groups is 3. The fourth-order valence-electron chi connectivity index (χ4n) is 6.25. The summed E-state index contributed by atoms with van der Waals surface area (Å²) in [6, 6.07) is 13.9. The summed E-state index contributed by atoms with van der Waals surface area (Å²) in [4.78, 5) is 50.9. The third-order valence-electron chi connectivity index (χ3n) is 8.57. The molecule has 9 heteroatoms. The van der Waals surface area contributed by atoms with E-state index >= 15 is 0 Å². The van der Waals surface area contributed by atoms with Gasteiger partial charge in [-0.3, -0.25) is 24.3 Å². The van der Waals surface area contributed by atoms with Gasteiger partial charge in [-0.15, -0.1) is 0 Å². The Balaban J connectivity index is 1.28. The summed E-state index contributed by atoms with van der Waals surface area (Å²) in [5, 5.41) is 0. The largest absolute Gasteiger partial charge is 0.493 e. The molecule has 5 rings (SSSR count). The zero-order valence-corrected chi connectivity index (χ0v) is 23.5. The standard InChI is InChI=1S/C31H41N5O4/c1-24(37)34-14-16-35(17-15-34)30(38)19-25-11-13-36-21-26(25)8-6-18-40-29-10-3-2-7-27(29)20-33(23-31(36)39)22-28-9-4-5-12-32-28/h2-5,7,9-10,12,25-26H,6,8,11,13-23H2,1H3/t25-,26-/m0/s1. The molecule has 3 aliphatic heterocycles. The molecule has 2 aromatic rings. The molecule has 2 saturated heterocycles. The van der Waals surface area contributed by atoms with E-state index < -0.39 is 0 Å². The van der Waals surface area contributed by atoms with Crippen LogP contribution < -0.4 is 4.74 Å². The zero-order chi connectivity index (χ0) is 27.9. The van der Waals surface area contributed by atoms with Crippen molar-refractivity contribution in [3.8, 4) is 5.75 Å². The molecule has 214 valence electrons. The Hall–Kier alpha value is -3.46. The summed E-state index contributed by atoms with van der Waals surface area (Å²) in [5.74, 6) is 1.72. The van der Waals surface area contributed by atoms with Crippen LogP contribution >= 0.6 is 0 Å². The normalized spacial score (nSPS) is 22.8. The first kappa shape index (κ1) is 28.1. The van der Waals surface area contributed by atoms with Crippen LogP contribution in [0.3, 0.4) is 0 Å². The van der Waals surface area contributed by atoms with E-state index in [1.54, 1.807) is 18.0 Å². The molecule has 2 atom stereocenters. The predicted octanol–water partition coefficient (Wildman–Crippen LogP) is 2.80. The summed E-state index contributed by atoms with van der Waals surface area (Å²) < 4.78 is 6.26. The van der Waals surface area contributed by atoms with E-state index in [1.165, 1.54) is 0 Å². The van der Waals surface area contributed by atoms with E-state index in [9.17, 15) is 14.4 Å². The lowest BCUT2D eigenvalue weighted by atomic mass is 9.80. The molecule has 40 heavy (non-hydrogen) atoms. The maximum Gasteiger partial charge on any atom is 0.236 e. The van der Waals surface area contributed by atoms with Gasteiger partial charge in [-0.1, -0.05) is 24.3 Å². The first-order chi connectivity index (χ1) is 19.5. The quantitative estimate of drug-likeness (QED) is 0.585. The number of piperidine rings is 1. The van der Waals surface area contributed by atoms with E-state index in [1.807, 2.05) is 46.2 Å². The smallest absolute Gasteiger partial charge is 0.236 e. The van der Waals surface area contributed by atoms with Gasteiger partial charge in [0.25, 0.3) is 0 Å². The number of ether oxygens (including phenoxy) is 1. The number of aromatic nitrogens is 1. The monoisotopic (exact) mass is 547 g/mol. The van der Waals surface area contributed by atoms with E-state index in [2.05, 4.69) is 16.0 Å². The summed E-state index contributed by atoms with van der Waals surface area (Å²) in [6.45, 7) is 7.43. The number of rotatable bonds is 4. The van der Waals surface area contributed by atoms with Gasteiger partial charge >= 0.3 is 0 Å². The van der Waals surface area contributed by atoms with Gasteiger partial charge in [0.1, 0.15) is 5.75 Å². The Morgan fingerprint density at radius 1 is 0.950 bits per heavy atom. The molecule has 0 radical (unpaired) electrons. The van der Waals surface area contributed by atoms with E-state index in [-0.39, 0.29) is 29.6 Å². The highest BCUT2D eigenvalue weighted by atomic mass is 16.5. The molecule has 3 aliphatic rings. The highest BCUT2D eigenvalue weighted by Gasteiger charge is 2.34. The number of amides is 3. The second-order valence-electron chi connectivity index (χ2n) is 11.3.